The molecule has 3 rings (SSSR count). The van der Waals surface area contributed by atoms with E-state index in [1.165, 1.54) is 5.56 Å². The van der Waals surface area contributed by atoms with Gasteiger partial charge in [0, 0.05) is 18.4 Å². The Bertz CT molecular complexity index is 456. The third-order valence-corrected chi connectivity index (χ3v) is 3.84. The van der Waals surface area contributed by atoms with Gasteiger partial charge in [-0.25, -0.2) is 0 Å². The lowest BCUT2D eigenvalue weighted by Crippen LogP contribution is -2.28. The smallest absolute Gasteiger partial charge is 0.171 e. The molecule has 0 radical (unpaired) electrons. The van der Waals surface area contributed by atoms with E-state index in [9.17, 15) is 4.79 Å². The van der Waals surface area contributed by atoms with Crippen molar-refractivity contribution < 1.29 is 9.53 Å². The minimum atomic E-state index is 0.102. The predicted molar refractivity (Wildman–Crippen MR) is 65.5 cm³/mol. The molecular weight excluding hydrogens is 214 g/mol. The maximum Gasteiger partial charge on any atom is 0.171 e. The molecule has 1 saturated heterocycles. The van der Waals surface area contributed by atoms with Crippen molar-refractivity contribution in [1.82, 2.24) is 5.32 Å². The Labute approximate surface area is 101 Å². The number of fused-ring (bicyclic) bond motifs is 1. The van der Waals surface area contributed by atoms with Crippen molar-refractivity contribution in [2.75, 3.05) is 13.2 Å². The maximum absolute atomic E-state index is 12.5. The second-order valence-electron chi connectivity index (χ2n) is 4.89. The molecule has 1 aromatic carbocycles. The fraction of sp³-hybridized carbons (Fsp3) is 0.500. The number of rotatable bonds is 2. The third kappa shape index (κ3) is 1.75. The Morgan fingerprint density at radius 1 is 1.47 bits per heavy atom. The van der Waals surface area contributed by atoms with Crippen molar-refractivity contribution in [3.05, 3.63) is 29.3 Å². The Balaban J connectivity index is 1.94. The van der Waals surface area contributed by atoms with Gasteiger partial charge >= 0.3 is 0 Å². The van der Waals surface area contributed by atoms with Gasteiger partial charge in [0.2, 0.25) is 0 Å². The Kier molecular flexibility index (Phi) is 2.63. The molecule has 1 aromatic rings. The van der Waals surface area contributed by atoms with Gasteiger partial charge in [-0.2, -0.15) is 0 Å². The monoisotopic (exact) mass is 231 g/mol. The van der Waals surface area contributed by atoms with Crippen LogP contribution in [0.2, 0.25) is 0 Å². The molecule has 1 fully saturated rings. The zero-order valence-electron chi connectivity index (χ0n) is 10.0. The van der Waals surface area contributed by atoms with E-state index >= 15 is 0 Å². The predicted octanol–water partition coefficient (Wildman–Crippen LogP) is 1.80. The van der Waals surface area contributed by atoms with E-state index in [1.54, 1.807) is 0 Å². The van der Waals surface area contributed by atoms with Crippen molar-refractivity contribution in [2.45, 2.75) is 25.8 Å². The molecule has 0 bridgehead atoms. The van der Waals surface area contributed by atoms with Crippen LogP contribution in [0.15, 0.2) is 18.2 Å². The summed E-state index contributed by atoms with van der Waals surface area (Å²) in [5, 5.41) is 3.33. The number of ether oxygens (including phenoxy) is 1. The molecule has 0 amide bonds. The van der Waals surface area contributed by atoms with E-state index in [0.29, 0.717) is 6.61 Å². The number of benzene rings is 1. The molecule has 90 valence electrons. The fourth-order valence-corrected chi connectivity index (χ4v) is 2.83. The van der Waals surface area contributed by atoms with Crippen LogP contribution in [0.4, 0.5) is 0 Å². The van der Waals surface area contributed by atoms with E-state index in [4.69, 9.17) is 4.74 Å². The van der Waals surface area contributed by atoms with Crippen LogP contribution in [0.25, 0.3) is 0 Å². The normalized spacial score (nSPS) is 26.6. The highest BCUT2D eigenvalue weighted by atomic mass is 16.5. The number of ketones is 1. The van der Waals surface area contributed by atoms with Crippen LogP contribution in [0.5, 0.6) is 5.75 Å². The average Bonchev–Trinajstić information content (AvgIpc) is 2.95. The lowest BCUT2D eigenvalue weighted by Gasteiger charge is -2.15. The zero-order chi connectivity index (χ0) is 11.8. The summed E-state index contributed by atoms with van der Waals surface area (Å²) >= 11 is 0. The molecule has 2 heterocycles. The summed E-state index contributed by atoms with van der Waals surface area (Å²) in [7, 11) is 0. The number of para-hydroxylation sites is 1. The van der Waals surface area contributed by atoms with Crippen LogP contribution in [-0.4, -0.2) is 25.0 Å². The van der Waals surface area contributed by atoms with Crippen LogP contribution in [0, 0.1) is 5.92 Å². The molecule has 0 saturated carbocycles. The number of hydrogen-bond acceptors (Lipinski definition) is 3. The largest absolute Gasteiger partial charge is 0.492 e. The molecule has 1 N–H and O–H groups in total. The van der Waals surface area contributed by atoms with Crippen molar-refractivity contribution in [3.63, 3.8) is 0 Å². The molecule has 0 spiro atoms. The Morgan fingerprint density at radius 3 is 3.12 bits per heavy atom. The van der Waals surface area contributed by atoms with Crippen molar-refractivity contribution >= 4 is 5.78 Å². The van der Waals surface area contributed by atoms with Crippen LogP contribution < -0.4 is 10.1 Å². The minimum Gasteiger partial charge on any atom is -0.492 e. The van der Waals surface area contributed by atoms with Gasteiger partial charge in [0.05, 0.1) is 12.2 Å². The molecule has 2 unspecified atom stereocenters. The van der Waals surface area contributed by atoms with Crippen LogP contribution in [0.1, 0.15) is 29.3 Å². The topological polar surface area (TPSA) is 38.3 Å². The zero-order valence-corrected chi connectivity index (χ0v) is 10.0. The standard InChI is InChI=1S/C14H17NO2/c1-9-11(5-7-15-9)13(16)12-4-2-3-10-6-8-17-14(10)12/h2-4,9,11,15H,5-8H2,1H3. The third-order valence-electron chi connectivity index (χ3n) is 3.84. The van der Waals surface area contributed by atoms with E-state index in [-0.39, 0.29) is 17.7 Å². The van der Waals surface area contributed by atoms with Gasteiger partial charge < -0.3 is 10.1 Å². The van der Waals surface area contributed by atoms with Gasteiger partial charge in [-0.3, -0.25) is 4.79 Å². The van der Waals surface area contributed by atoms with Crippen LogP contribution in [0.3, 0.4) is 0 Å². The first kappa shape index (κ1) is 10.8. The maximum atomic E-state index is 12.5. The second-order valence-corrected chi connectivity index (χ2v) is 4.89. The molecule has 2 aliphatic rings. The summed E-state index contributed by atoms with van der Waals surface area (Å²) in [6, 6.07) is 6.19. The first-order valence-electron chi connectivity index (χ1n) is 6.29. The fourth-order valence-electron chi connectivity index (χ4n) is 2.83. The highest BCUT2D eigenvalue weighted by Crippen LogP contribution is 2.32. The number of hydrogen-bond donors (Lipinski definition) is 1. The minimum absolute atomic E-state index is 0.102. The second kappa shape index (κ2) is 4.15. The SMILES string of the molecule is CC1NCCC1C(=O)c1cccc2c1OCC2. The summed E-state index contributed by atoms with van der Waals surface area (Å²) in [5.41, 5.74) is 1.95. The molecule has 0 aliphatic carbocycles. The van der Waals surface area contributed by atoms with Crippen LogP contribution in [-0.2, 0) is 6.42 Å². The molecule has 2 aliphatic heterocycles. The number of carbonyl (C=O) groups is 1. The molecule has 0 aromatic heterocycles. The quantitative estimate of drug-likeness (QED) is 0.789. The van der Waals surface area contributed by atoms with Crippen LogP contribution >= 0.6 is 0 Å². The van der Waals surface area contributed by atoms with Gasteiger partial charge in [-0.15, -0.1) is 0 Å². The number of nitrogens with one attached hydrogen (secondary N) is 1. The molecule has 17 heavy (non-hydrogen) atoms. The molecule has 3 nitrogen and oxygen atoms in total. The van der Waals surface area contributed by atoms with Gasteiger partial charge in [-0.1, -0.05) is 12.1 Å². The molecule has 2 atom stereocenters. The number of Topliss-reactive ketones (excluding diaryl/α,β-unsaturated/α-hetero) is 1. The summed E-state index contributed by atoms with van der Waals surface area (Å²) in [6.07, 6.45) is 1.86. The van der Waals surface area contributed by atoms with E-state index in [1.807, 2.05) is 12.1 Å². The summed E-state index contributed by atoms with van der Waals surface area (Å²) in [4.78, 5) is 12.5. The Morgan fingerprint density at radius 2 is 2.35 bits per heavy atom. The van der Waals surface area contributed by atoms with Gasteiger partial charge in [0.1, 0.15) is 5.75 Å². The van der Waals surface area contributed by atoms with Crippen molar-refractivity contribution in [1.29, 1.82) is 0 Å². The van der Waals surface area contributed by atoms with Crippen molar-refractivity contribution in [2.24, 2.45) is 5.92 Å². The first-order valence-corrected chi connectivity index (χ1v) is 6.29. The summed E-state index contributed by atoms with van der Waals surface area (Å²) < 4.78 is 5.60. The van der Waals surface area contributed by atoms with Crippen molar-refractivity contribution in [3.8, 4) is 5.75 Å². The number of carbonyl (C=O) groups excluding carboxylic acids is 1. The highest BCUT2D eigenvalue weighted by molar-refractivity contribution is 6.01. The highest BCUT2D eigenvalue weighted by Gasteiger charge is 2.32. The first-order chi connectivity index (χ1) is 8.27. The van der Waals surface area contributed by atoms with E-state index in [2.05, 4.69) is 18.3 Å². The summed E-state index contributed by atoms with van der Waals surface area (Å²) in [5.74, 6) is 1.17. The van der Waals surface area contributed by atoms with Gasteiger partial charge in [-0.05, 0) is 31.5 Å². The lowest BCUT2D eigenvalue weighted by molar-refractivity contribution is 0.0911. The lowest BCUT2D eigenvalue weighted by atomic mass is 9.90. The van der Waals surface area contributed by atoms with Gasteiger partial charge in [0.25, 0.3) is 0 Å². The summed E-state index contributed by atoms with van der Waals surface area (Å²) in [6.45, 7) is 3.73. The molecular formula is C14H17NO2. The van der Waals surface area contributed by atoms with E-state index < -0.39 is 0 Å². The Hall–Kier alpha value is -1.35. The average molecular weight is 231 g/mol. The molecule has 3 heteroatoms. The van der Waals surface area contributed by atoms with E-state index in [0.717, 1.165) is 30.7 Å². The van der Waals surface area contributed by atoms with Gasteiger partial charge in [0.15, 0.2) is 5.78 Å².